The van der Waals surface area contributed by atoms with Crippen LogP contribution in [-0.4, -0.2) is 18.4 Å². The highest BCUT2D eigenvalue weighted by Crippen LogP contribution is 2.29. The highest BCUT2D eigenvalue weighted by Gasteiger charge is 2.37. The quantitative estimate of drug-likeness (QED) is 0.759. The fraction of sp³-hybridized carbons (Fsp3) is 0.400. The van der Waals surface area contributed by atoms with E-state index in [1.165, 1.54) is 5.56 Å². The molecule has 64 valence electrons. The molecule has 1 aromatic rings. The van der Waals surface area contributed by atoms with E-state index in [1.54, 1.807) is 0 Å². The Labute approximate surface area is 81.3 Å². The van der Waals surface area contributed by atoms with E-state index in [2.05, 4.69) is 51.6 Å². The van der Waals surface area contributed by atoms with Crippen LogP contribution in [0.2, 0.25) is 0 Å². The molecule has 0 amide bonds. The molecule has 0 aliphatic carbocycles. The molecule has 1 N–H and O–H groups in total. The van der Waals surface area contributed by atoms with Gasteiger partial charge in [0.05, 0.1) is 0 Å². The lowest BCUT2D eigenvalue weighted by Crippen LogP contribution is -2.57. The molecule has 0 aromatic heterocycles. The molecule has 1 saturated heterocycles. The summed E-state index contributed by atoms with van der Waals surface area (Å²) in [6.45, 7) is 2.20. The molecule has 1 heterocycles. The van der Waals surface area contributed by atoms with Crippen LogP contribution in [-0.2, 0) is 5.41 Å². The molecular weight excluding hydrogens is 214 g/mol. The van der Waals surface area contributed by atoms with Gasteiger partial charge >= 0.3 is 0 Å². The lowest BCUT2D eigenvalue weighted by Gasteiger charge is -2.41. The van der Waals surface area contributed by atoms with Crippen LogP contribution >= 0.6 is 15.9 Å². The third-order valence-electron chi connectivity index (χ3n) is 2.57. The van der Waals surface area contributed by atoms with Gasteiger partial charge in [-0.15, -0.1) is 0 Å². The summed E-state index contributed by atoms with van der Waals surface area (Å²) in [7, 11) is 0. The van der Waals surface area contributed by atoms with E-state index in [9.17, 15) is 0 Å². The first-order chi connectivity index (χ1) is 5.87. The van der Waals surface area contributed by atoms with Crippen molar-refractivity contribution in [3.63, 3.8) is 0 Å². The fourth-order valence-corrected chi connectivity index (χ4v) is 2.31. The summed E-state index contributed by atoms with van der Waals surface area (Å²) in [5.41, 5.74) is 1.81. The van der Waals surface area contributed by atoms with E-state index >= 15 is 0 Å². The monoisotopic (exact) mass is 225 g/mol. The van der Waals surface area contributed by atoms with Gasteiger partial charge in [0.15, 0.2) is 0 Å². The van der Waals surface area contributed by atoms with Gasteiger partial charge in [0.2, 0.25) is 0 Å². The fourth-order valence-electron chi connectivity index (χ4n) is 1.59. The van der Waals surface area contributed by atoms with Gasteiger partial charge in [-0.1, -0.05) is 46.3 Å². The number of nitrogens with one attached hydrogen (secondary N) is 1. The summed E-state index contributed by atoms with van der Waals surface area (Å²) in [5, 5.41) is 4.37. The van der Waals surface area contributed by atoms with Crippen LogP contribution in [0.15, 0.2) is 30.3 Å². The average molecular weight is 226 g/mol. The van der Waals surface area contributed by atoms with Crippen LogP contribution in [0.3, 0.4) is 0 Å². The molecule has 0 spiro atoms. The predicted octanol–water partition coefficient (Wildman–Crippen LogP) is 1.92. The summed E-state index contributed by atoms with van der Waals surface area (Å²) < 4.78 is 0. The lowest BCUT2D eigenvalue weighted by atomic mass is 9.77. The summed E-state index contributed by atoms with van der Waals surface area (Å²) in [5.74, 6) is 0. The molecule has 0 atom stereocenters. The van der Waals surface area contributed by atoms with Crippen molar-refractivity contribution in [3.8, 4) is 0 Å². The molecule has 2 rings (SSSR count). The van der Waals surface area contributed by atoms with Crippen molar-refractivity contribution in [2.45, 2.75) is 5.41 Å². The second-order valence-corrected chi connectivity index (χ2v) is 3.94. The number of benzene rings is 1. The number of hydrogen-bond acceptors (Lipinski definition) is 1. The molecular formula is C10H12BrN. The van der Waals surface area contributed by atoms with E-state index in [4.69, 9.17) is 0 Å². The van der Waals surface area contributed by atoms with Crippen molar-refractivity contribution in [2.24, 2.45) is 0 Å². The van der Waals surface area contributed by atoms with Gasteiger partial charge in [-0.3, -0.25) is 0 Å². The zero-order chi connectivity index (χ0) is 8.44. The highest BCUT2D eigenvalue weighted by molar-refractivity contribution is 9.09. The standard InChI is InChI=1S/C10H12BrN/c11-6-10(7-12-8-10)9-4-2-1-3-5-9/h1-5,12H,6-8H2. The van der Waals surface area contributed by atoms with Crippen LogP contribution in [0, 0.1) is 0 Å². The smallest absolute Gasteiger partial charge is 0.0299 e. The van der Waals surface area contributed by atoms with Crippen LogP contribution < -0.4 is 5.32 Å². The maximum atomic E-state index is 3.58. The van der Waals surface area contributed by atoms with Crippen LogP contribution in [0.5, 0.6) is 0 Å². The summed E-state index contributed by atoms with van der Waals surface area (Å²) in [4.78, 5) is 0. The number of rotatable bonds is 2. The topological polar surface area (TPSA) is 12.0 Å². The highest BCUT2D eigenvalue weighted by atomic mass is 79.9. The molecule has 0 unspecified atom stereocenters. The average Bonchev–Trinajstić information content (AvgIpc) is 2.05. The number of alkyl halides is 1. The van der Waals surface area contributed by atoms with Crippen molar-refractivity contribution in [3.05, 3.63) is 35.9 Å². The van der Waals surface area contributed by atoms with Crippen molar-refractivity contribution in [1.29, 1.82) is 0 Å². The van der Waals surface area contributed by atoms with Gasteiger partial charge in [0.1, 0.15) is 0 Å². The van der Waals surface area contributed by atoms with E-state index < -0.39 is 0 Å². The third kappa shape index (κ3) is 1.19. The maximum Gasteiger partial charge on any atom is 0.0299 e. The largest absolute Gasteiger partial charge is 0.315 e. The minimum absolute atomic E-state index is 0.362. The van der Waals surface area contributed by atoms with Crippen LogP contribution in [0.1, 0.15) is 5.56 Å². The van der Waals surface area contributed by atoms with Crippen LogP contribution in [0.4, 0.5) is 0 Å². The van der Waals surface area contributed by atoms with Gasteiger partial charge in [-0.25, -0.2) is 0 Å². The molecule has 1 aromatic carbocycles. The molecule has 0 radical (unpaired) electrons. The first-order valence-electron chi connectivity index (χ1n) is 4.20. The molecule has 1 nitrogen and oxygen atoms in total. The zero-order valence-electron chi connectivity index (χ0n) is 6.89. The maximum absolute atomic E-state index is 3.58. The Morgan fingerprint density at radius 3 is 2.33 bits per heavy atom. The SMILES string of the molecule is BrCC1(c2ccccc2)CNC1. The molecule has 0 bridgehead atoms. The second-order valence-electron chi connectivity index (χ2n) is 3.38. The minimum Gasteiger partial charge on any atom is -0.315 e. The zero-order valence-corrected chi connectivity index (χ0v) is 8.47. The normalized spacial score (nSPS) is 20.1. The summed E-state index contributed by atoms with van der Waals surface area (Å²) in [6.07, 6.45) is 0. The van der Waals surface area contributed by atoms with Crippen molar-refractivity contribution >= 4 is 15.9 Å². The first-order valence-corrected chi connectivity index (χ1v) is 5.32. The Morgan fingerprint density at radius 2 is 1.92 bits per heavy atom. The van der Waals surface area contributed by atoms with E-state index in [-0.39, 0.29) is 0 Å². The van der Waals surface area contributed by atoms with Crippen molar-refractivity contribution in [2.75, 3.05) is 18.4 Å². The Balaban J connectivity index is 2.28. The molecule has 1 fully saturated rings. The van der Waals surface area contributed by atoms with E-state index in [0.717, 1.165) is 18.4 Å². The Morgan fingerprint density at radius 1 is 1.25 bits per heavy atom. The first kappa shape index (κ1) is 8.27. The molecule has 12 heavy (non-hydrogen) atoms. The van der Waals surface area contributed by atoms with Crippen molar-refractivity contribution < 1.29 is 0 Å². The summed E-state index contributed by atoms with van der Waals surface area (Å²) >= 11 is 3.58. The van der Waals surface area contributed by atoms with Gasteiger partial charge in [-0.05, 0) is 5.56 Å². The molecule has 0 saturated carbocycles. The third-order valence-corrected chi connectivity index (χ3v) is 3.64. The molecule has 1 aliphatic heterocycles. The lowest BCUT2D eigenvalue weighted by molar-refractivity contribution is 0.314. The minimum atomic E-state index is 0.362. The van der Waals surface area contributed by atoms with Gasteiger partial charge in [0.25, 0.3) is 0 Å². The Bertz CT molecular complexity index is 248. The van der Waals surface area contributed by atoms with Gasteiger partial charge in [0, 0.05) is 23.8 Å². The van der Waals surface area contributed by atoms with Gasteiger partial charge < -0.3 is 5.32 Å². The predicted molar refractivity (Wildman–Crippen MR) is 54.8 cm³/mol. The Hall–Kier alpha value is -0.340. The molecule has 1 aliphatic rings. The number of hydrogen-bond donors (Lipinski definition) is 1. The Kier molecular flexibility index (Phi) is 2.20. The number of halogens is 1. The van der Waals surface area contributed by atoms with E-state index in [0.29, 0.717) is 5.41 Å². The second kappa shape index (κ2) is 3.19. The molecule has 2 heteroatoms. The van der Waals surface area contributed by atoms with Crippen molar-refractivity contribution in [1.82, 2.24) is 5.32 Å². The summed E-state index contributed by atoms with van der Waals surface area (Å²) in [6, 6.07) is 10.7. The van der Waals surface area contributed by atoms with Gasteiger partial charge in [-0.2, -0.15) is 0 Å². The van der Waals surface area contributed by atoms with E-state index in [1.807, 2.05) is 0 Å². The van der Waals surface area contributed by atoms with Crippen LogP contribution in [0.25, 0.3) is 0 Å².